The zero-order valence-corrected chi connectivity index (χ0v) is 28.8. The van der Waals surface area contributed by atoms with Gasteiger partial charge >= 0.3 is 0 Å². The Morgan fingerprint density at radius 2 is 1.74 bits per heavy atom. The first-order valence-electron chi connectivity index (χ1n) is 18.9. The van der Waals surface area contributed by atoms with Gasteiger partial charge in [0.25, 0.3) is 0 Å². The van der Waals surface area contributed by atoms with E-state index in [4.69, 9.17) is 0 Å². The molecule has 2 heterocycles. The van der Waals surface area contributed by atoms with Crippen LogP contribution in [0.5, 0.6) is 0 Å². The molecule has 244 valence electrons. The molecule has 0 bridgehead atoms. The molecular weight excluding hydrogens is 571 g/mol. The van der Waals surface area contributed by atoms with Crippen molar-refractivity contribution in [1.29, 1.82) is 0 Å². The summed E-state index contributed by atoms with van der Waals surface area (Å²) in [5, 5.41) is 8.06. The van der Waals surface area contributed by atoms with E-state index in [-0.39, 0.29) is 17.6 Å². The molecule has 1 fully saturated rings. The molecule has 7 atom stereocenters. The Labute approximate surface area is 282 Å². The number of nitrogens with one attached hydrogen (secondary N) is 2. The Balaban J connectivity index is 1.04. The molecule has 1 saturated carbocycles. The average molecular weight is 624 g/mol. The summed E-state index contributed by atoms with van der Waals surface area (Å²) in [6.07, 6.45) is 45.2. The molecular formula is C44H53N3. The lowest BCUT2D eigenvalue weighted by Gasteiger charge is -2.39. The van der Waals surface area contributed by atoms with Gasteiger partial charge in [0.05, 0.1) is 12.2 Å². The number of fused-ring (bicyclic) bond motifs is 6. The van der Waals surface area contributed by atoms with E-state index < -0.39 is 0 Å². The molecule has 0 saturated heterocycles. The molecule has 9 rings (SSSR count). The van der Waals surface area contributed by atoms with Crippen molar-refractivity contribution in [2.24, 2.45) is 35.0 Å². The molecule has 8 aliphatic rings. The smallest absolute Gasteiger partial charge is 0.0995 e. The van der Waals surface area contributed by atoms with E-state index in [1.165, 1.54) is 79.7 Å². The number of rotatable bonds is 4. The van der Waals surface area contributed by atoms with Gasteiger partial charge < -0.3 is 9.88 Å². The molecule has 7 aliphatic carbocycles. The highest BCUT2D eigenvalue weighted by Crippen LogP contribution is 2.60. The maximum absolute atomic E-state index is 4.05. The molecule has 0 aromatic carbocycles. The lowest BCUT2D eigenvalue weighted by atomic mass is 9.70. The fraction of sp³-hybridized carbons (Fsp3) is 0.500. The number of hydrogen-bond donors (Lipinski definition) is 2. The van der Waals surface area contributed by atoms with Gasteiger partial charge in [-0.25, -0.2) is 0 Å². The summed E-state index contributed by atoms with van der Waals surface area (Å²) in [5.41, 5.74) is 14.2. The zero-order chi connectivity index (χ0) is 31.7. The van der Waals surface area contributed by atoms with Crippen molar-refractivity contribution in [3.05, 3.63) is 112 Å². The first kappa shape index (κ1) is 29.8. The van der Waals surface area contributed by atoms with E-state index in [9.17, 15) is 0 Å². The standard InChI is InChI=1S/C44H53N3/c1-28-12-11-15-31(24-28)43-45-39(29-13-5-4-6-14-29)27-40(46-43)30-20-22-32(23-21-30)47-41-19-10-8-17-34(41)36-25-38-35(26-42(36)47)33-16-7-9-18-37(33)44(38,2)3/h5,7,9-10,13-16,18-19,22,26-28,30,33,37-39,43,45-46H,4,6,8,11-12,17,20-21,23-25H2,1-3H3/t28?,30?,33?,37?,38?,39?,43-/m0/s1. The van der Waals surface area contributed by atoms with Crippen LogP contribution in [0.25, 0.3) is 17.8 Å². The lowest BCUT2D eigenvalue weighted by molar-refractivity contribution is 0.216. The Morgan fingerprint density at radius 1 is 0.851 bits per heavy atom. The monoisotopic (exact) mass is 623 g/mol. The lowest BCUT2D eigenvalue weighted by Crippen LogP contribution is -2.53. The minimum atomic E-state index is 0.237. The third kappa shape index (κ3) is 5.02. The molecule has 2 N–H and O–H groups in total. The number of aromatic nitrogens is 1. The molecule has 0 amide bonds. The van der Waals surface area contributed by atoms with Crippen LogP contribution in [-0.4, -0.2) is 16.8 Å². The van der Waals surface area contributed by atoms with Gasteiger partial charge in [-0.2, -0.15) is 0 Å². The van der Waals surface area contributed by atoms with Crippen molar-refractivity contribution in [3.63, 3.8) is 0 Å². The fourth-order valence-corrected chi connectivity index (χ4v) is 10.6. The maximum Gasteiger partial charge on any atom is 0.0995 e. The molecule has 47 heavy (non-hydrogen) atoms. The van der Waals surface area contributed by atoms with Gasteiger partial charge in [-0.1, -0.05) is 87.1 Å². The van der Waals surface area contributed by atoms with Gasteiger partial charge in [0, 0.05) is 34.6 Å². The predicted molar refractivity (Wildman–Crippen MR) is 197 cm³/mol. The summed E-state index contributed by atoms with van der Waals surface area (Å²) < 4.78 is 2.71. The van der Waals surface area contributed by atoms with Crippen LogP contribution in [0.4, 0.5) is 0 Å². The van der Waals surface area contributed by atoms with Gasteiger partial charge in [-0.3, -0.25) is 5.32 Å². The summed E-state index contributed by atoms with van der Waals surface area (Å²) in [7, 11) is 0. The predicted octanol–water partition coefficient (Wildman–Crippen LogP) is 9.84. The molecule has 1 aromatic heterocycles. The first-order valence-corrected chi connectivity index (χ1v) is 18.9. The number of allylic oxidation sites excluding steroid dienone is 12. The summed E-state index contributed by atoms with van der Waals surface area (Å²) in [6, 6.07) is 0.285. The van der Waals surface area contributed by atoms with Crippen LogP contribution in [0.3, 0.4) is 0 Å². The third-order valence-corrected chi connectivity index (χ3v) is 13.2. The van der Waals surface area contributed by atoms with Gasteiger partial charge in [0.1, 0.15) is 0 Å². The van der Waals surface area contributed by atoms with Crippen LogP contribution < -0.4 is 10.6 Å². The highest BCUT2D eigenvalue weighted by Gasteiger charge is 2.52. The molecule has 0 spiro atoms. The summed E-state index contributed by atoms with van der Waals surface area (Å²) in [4.78, 5) is 0. The fourth-order valence-electron chi connectivity index (χ4n) is 10.6. The Bertz CT molecular complexity index is 1740. The summed E-state index contributed by atoms with van der Waals surface area (Å²) in [5.74, 6) is 3.09. The van der Waals surface area contributed by atoms with Gasteiger partial charge in [0.15, 0.2) is 0 Å². The van der Waals surface area contributed by atoms with E-state index >= 15 is 0 Å². The van der Waals surface area contributed by atoms with Crippen LogP contribution in [0.2, 0.25) is 0 Å². The largest absolute Gasteiger partial charge is 0.370 e. The molecule has 6 unspecified atom stereocenters. The molecule has 1 aromatic rings. The summed E-state index contributed by atoms with van der Waals surface area (Å²) >= 11 is 0. The van der Waals surface area contributed by atoms with Crippen molar-refractivity contribution in [2.45, 2.75) is 104 Å². The van der Waals surface area contributed by atoms with Crippen LogP contribution in [-0.2, 0) is 12.8 Å². The van der Waals surface area contributed by atoms with Crippen LogP contribution in [0.15, 0.2) is 89.3 Å². The van der Waals surface area contributed by atoms with E-state index in [2.05, 4.69) is 115 Å². The summed E-state index contributed by atoms with van der Waals surface area (Å²) in [6.45, 7) is 7.48. The Hall–Kier alpha value is -3.30. The Kier molecular flexibility index (Phi) is 7.41. The maximum atomic E-state index is 4.05. The quantitative estimate of drug-likeness (QED) is 0.327. The van der Waals surface area contributed by atoms with Crippen molar-refractivity contribution >= 4 is 17.8 Å². The highest BCUT2D eigenvalue weighted by molar-refractivity contribution is 5.74. The van der Waals surface area contributed by atoms with E-state index in [0.717, 1.165) is 25.2 Å². The molecule has 3 heteroatoms. The number of nitrogens with zero attached hydrogens (tertiary/aromatic N) is 1. The Morgan fingerprint density at radius 3 is 2.57 bits per heavy atom. The number of hydrogen-bond acceptors (Lipinski definition) is 2. The second-order valence-electron chi connectivity index (χ2n) is 16.4. The molecule has 3 nitrogen and oxygen atoms in total. The average Bonchev–Trinajstić information content (AvgIpc) is 3.56. The zero-order valence-electron chi connectivity index (χ0n) is 28.8. The van der Waals surface area contributed by atoms with Gasteiger partial charge in [0.2, 0.25) is 0 Å². The first-order chi connectivity index (χ1) is 23.0. The van der Waals surface area contributed by atoms with Crippen molar-refractivity contribution in [3.8, 4) is 0 Å². The molecule has 1 aliphatic heterocycles. The van der Waals surface area contributed by atoms with E-state index in [1.54, 1.807) is 22.3 Å². The van der Waals surface area contributed by atoms with E-state index in [1.807, 2.05) is 0 Å². The van der Waals surface area contributed by atoms with Crippen molar-refractivity contribution in [1.82, 2.24) is 15.2 Å². The SMILES string of the molecule is CC1CCC=C([C@@H]2NC(C3CC=C(n4c5c(c6c4C=C4C7C=CC=CC7C(C)(C)C4C6)CCC=C5)CC3)=CC(C3=CCCC=C3)N2)C1. The van der Waals surface area contributed by atoms with Gasteiger partial charge in [-0.15, -0.1) is 0 Å². The third-order valence-electron chi connectivity index (χ3n) is 13.2. The van der Waals surface area contributed by atoms with Crippen molar-refractivity contribution < 1.29 is 0 Å². The van der Waals surface area contributed by atoms with Crippen LogP contribution in [0.1, 0.15) is 101 Å². The highest BCUT2D eigenvalue weighted by atomic mass is 15.2. The normalized spacial score (nSPS) is 35.0. The molecule has 0 radical (unpaired) electrons. The topological polar surface area (TPSA) is 29.0 Å². The van der Waals surface area contributed by atoms with E-state index in [0.29, 0.717) is 23.7 Å². The second kappa shape index (κ2) is 11.7. The minimum Gasteiger partial charge on any atom is -0.370 e. The van der Waals surface area contributed by atoms with Gasteiger partial charge in [-0.05, 0) is 134 Å². The van der Waals surface area contributed by atoms with Crippen molar-refractivity contribution in [2.75, 3.05) is 0 Å². The second-order valence-corrected chi connectivity index (χ2v) is 16.4. The van der Waals surface area contributed by atoms with Crippen LogP contribution in [0, 0.1) is 35.0 Å². The minimum absolute atomic E-state index is 0.237. The van der Waals surface area contributed by atoms with Crippen LogP contribution >= 0.6 is 0 Å².